The molecule has 2 N–H and O–H groups in total. The molecule has 0 saturated heterocycles. The first-order chi connectivity index (χ1) is 17.2. The van der Waals surface area contributed by atoms with Gasteiger partial charge in [0.2, 0.25) is 0 Å². The molecule has 3 aromatic rings. The van der Waals surface area contributed by atoms with Crippen LogP contribution in [-0.2, 0) is 9.53 Å². The number of rotatable bonds is 6. The highest BCUT2D eigenvalue weighted by molar-refractivity contribution is 7.80. The number of nitrogens with one attached hydrogen (secondary N) is 2. The maximum atomic E-state index is 12.9. The van der Waals surface area contributed by atoms with E-state index in [-0.39, 0.29) is 18.0 Å². The van der Waals surface area contributed by atoms with Gasteiger partial charge in [-0.2, -0.15) is 0 Å². The molecule has 0 fully saturated rings. The molecule has 184 valence electrons. The summed E-state index contributed by atoms with van der Waals surface area (Å²) in [6.45, 7) is 5.49. The van der Waals surface area contributed by atoms with Crippen LogP contribution in [0.4, 0.5) is 5.69 Å². The number of anilines is 1. The minimum absolute atomic E-state index is 0.196. The first kappa shape index (κ1) is 25.1. The Morgan fingerprint density at radius 3 is 2.17 bits per heavy atom. The van der Waals surface area contributed by atoms with E-state index in [0.717, 1.165) is 22.4 Å². The third kappa shape index (κ3) is 5.47. The summed E-state index contributed by atoms with van der Waals surface area (Å²) in [7, 11) is 1.81. The Bertz CT molecular complexity index is 1300. The molecular weight excluding hydrogens is 470 g/mol. The second-order valence-corrected chi connectivity index (χ2v) is 9.30. The van der Waals surface area contributed by atoms with E-state index in [4.69, 9.17) is 17.0 Å². The van der Waals surface area contributed by atoms with Gasteiger partial charge in [-0.3, -0.25) is 4.79 Å². The highest BCUT2D eigenvalue weighted by Crippen LogP contribution is 2.31. The van der Waals surface area contributed by atoms with Gasteiger partial charge in [-0.25, -0.2) is 4.79 Å². The van der Waals surface area contributed by atoms with E-state index in [0.29, 0.717) is 21.9 Å². The summed E-state index contributed by atoms with van der Waals surface area (Å²) in [5.74, 6) is -0.580. The average molecular weight is 500 g/mol. The van der Waals surface area contributed by atoms with E-state index in [9.17, 15) is 9.59 Å². The number of allylic oxidation sites excluding steroid dienone is 1. The number of benzene rings is 3. The van der Waals surface area contributed by atoms with Crippen LogP contribution in [0, 0.1) is 0 Å². The molecule has 4 rings (SSSR count). The fourth-order valence-corrected chi connectivity index (χ4v) is 4.29. The zero-order valence-corrected chi connectivity index (χ0v) is 21.6. The lowest BCUT2D eigenvalue weighted by molar-refractivity contribution is -0.143. The van der Waals surface area contributed by atoms with Gasteiger partial charge in [-0.15, -0.1) is 0 Å². The first-order valence-electron chi connectivity index (χ1n) is 11.8. The first-order valence-corrected chi connectivity index (χ1v) is 12.2. The Kier molecular flexibility index (Phi) is 7.50. The second kappa shape index (κ2) is 10.7. The van der Waals surface area contributed by atoms with Gasteiger partial charge in [0.1, 0.15) is 0 Å². The molecule has 1 aliphatic heterocycles. The van der Waals surface area contributed by atoms with E-state index in [2.05, 4.69) is 10.6 Å². The molecule has 6 nitrogen and oxygen atoms in total. The lowest BCUT2D eigenvalue weighted by Gasteiger charge is -2.35. The van der Waals surface area contributed by atoms with Gasteiger partial charge in [0.25, 0.3) is 5.91 Å². The standard InChI is InChI=1S/C29H29N3O3S/c1-18(2)35-28(34)25-19(3)32(4)29(36)31-26(25)22-14-16-24(17-15-22)30-27(33)23-12-10-21(11-13-23)20-8-6-5-7-9-20/h5-18,26H,1-4H3,(H,30,33)(H,31,36). The quantitative estimate of drug-likeness (QED) is 0.335. The normalized spacial score (nSPS) is 15.5. The number of hydrogen-bond acceptors (Lipinski definition) is 4. The lowest BCUT2D eigenvalue weighted by atomic mass is 9.95. The van der Waals surface area contributed by atoms with Crippen LogP contribution in [0.1, 0.15) is 42.7 Å². The fraction of sp³-hybridized carbons (Fsp3) is 0.207. The summed E-state index contributed by atoms with van der Waals surface area (Å²) in [6, 6.07) is 24.5. The zero-order valence-electron chi connectivity index (χ0n) is 20.7. The summed E-state index contributed by atoms with van der Waals surface area (Å²) in [5.41, 5.74) is 5.46. The molecule has 0 aliphatic carbocycles. The van der Waals surface area contributed by atoms with Crippen molar-refractivity contribution in [3.05, 3.63) is 101 Å². The topological polar surface area (TPSA) is 70.7 Å². The van der Waals surface area contributed by atoms with Crippen LogP contribution in [0.25, 0.3) is 11.1 Å². The van der Waals surface area contributed by atoms with E-state index in [1.165, 1.54) is 0 Å². The molecule has 7 heteroatoms. The van der Waals surface area contributed by atoms with Crippen LogP contribution in [0.15, 0.2) is 90.1 Å². The van der Waals surface area contributed by atoms with E-state index in [1.54, 1.807) is 4.90 Å². The van der Waals surface area contributed by atoms with E-state index in [1.807, 2.05) is 107 Å². The Hall–Kier alpha value is -3.97. The molecule has 36 heavy (non-hydrogen) atoms. The van der Waals surface area contributed by atoms with Crippen LogP contribution >= 0.6 is 12.2 Å². The number of carbonyl (C=O) groups is 2. The SMILES string of the molecule is CC1=C(C(=O)OC(C)C)C(c2ccc(NC(=O)c3ccc(-c4ccccc4)cc3)cc2)NC(=S)N1C. The highest BCUT2D eigenvalue weighted by atomic mass is 32.1. The van der Waals surface area contributed by atoms with Crippen molar-refractivity contribution in [1.82, 2.24) is 10.2 Å². The van der Waals surface area contributed by atoms with Crippen molar-refractivity contribution < 1.29 is 14.3 Å². The number of ether oxygens (including phenoxy) is 1. The van der Waals surface area contributed by atoms with Crippen molar-refractivity contribution in [3.63, 3.8) is 0 Å². The van der Waals surface area contributed by atoms with E-state index >= 15 is 0 Å². The van der Waals surface area contributed by atoms with Crippen molar-refractivity contribution >= 4 is 34.9 Å². The molecule has 0 spiro atoms. The predicted octanol–water partition coefficient (Wildman–Crippen LogP) is 5.69. The molecular formula is C29H29N3O3S. The Morgan fingerprint density at radius 2 is 1.56 bits per heavy atom. The highest BCUT2D eigenvalue weighted by Gasteiger charge is 2.33. The minimum Gasteiger partial charge on any atom is -0.459 e. The molecule has 0 saturated carbocycles. The molecule has 1 unspecified atom stereocenters. The number of carbonyl (C=O) groups excluding carboxylic acids is 2. The third-order valence-corrected chi connectivity index (χ3v) is 6.46. The Labute approximate surface area is 217 Å². The minimum atomic E-state index is -0.449. The zero-order chi connectivity index (χ0) is 25.8. The van der Waals surface area contributed by atoms with Gasteiger partial charge in [-0.05, 0) is 73.9 Å². The van der Waals surface area contributed by atoms with Gasteiger partial charge in [0, 0.05) is 24.0 Å². The second-order valence-electron chi connectivity index (χ2n) is 8.91. The Balaban J connectivity index is 1.50. The maximum Gasteiger partial charge on any atom is 0.338 e. The summed E-state index contributed by atoms with van der Waals surface area (Å²) in [6.07, 6.45) is -0.239. The molecule has 1 heterocycles. The van der Waals surface area contributed by atoms with Crippen LogP contribution in [0.2, 0.25) is 0 Å². The van der Waals surface area contributed by atoms with Gasteiger partial charge >= 0.3 is 5.97 Å². The molecule has 0 aromatic heterocycles. The fourth-order valence-electron chi connectivity index (χ4n) is 4.03. The predicted molar refractivity (Wildman–Crippen MR) is 146 cm³/mol. The summed E-state index contributed by atoms with van der Waals surface area (Å²) in [5, 5.41) is 6.69. The van der Waals surface area contributed by atoms with Crippen molar-refractivity contribution in [2.45, 2.75) is 32.9 Å². The van der Waals surface area contributed by atoms with Crippen LogP contribution < -0.4 is 10.6 Å². The van der Waals surface area contributed by atoms with Crippen LogP contribution in [0.3, 0.4) is 0 Å². The number of amides is 1. The molecule has 0 bridgehead atoms. The molecule has 1 aliphatic rings. The lowest BCUT2D eigenvalue weighted by Crippen LogP contribution is -2.46. The average Bonchev–Trinajstić information content (AvgIpc) is 2.87. The Morgan fingerprint density at radius 1 is 0.944 bits per heavy atom. The number of nitrogens with zero attached hydrogens (tertiary/aromatic N) is 1. The van der Waals surface area contributed by atoms with Gasteiger partial charge in [-0.1, -0.05) is 54.6 Å². The third-order valence-electron chi connectivity index (χ3n) is 6.07. The smallest absolute Gasteiger partial charge is 0.338 e. The molecule has 1 atom stereocenters. The molecule has 1 amide bonds. The van der Waals surface area contributed by atoms with Gasteiger partial charge in [0.05, 0.1) is 17.7 Å². The molecule has 3 aromatic carbocycles. The summed E-state index contributed by atoms with van der Waals surface area (Å²) in [4.78, 5) is 27.5. The summed E-state index contributed by atoms with van der Waals surface area (Å²) >= 11 is 5.46. The number of esters is 1. The van der Waals surface area contributed by atoms with Crippen molar-refractivity contribution in [1.29, 1.82) is 0 Å². The summed E-state index contributed by atoms with van der Waals surface area (Å²) < 4.78 is 5.49. The van der Waals surface area contributed by atoms with Gasteiger partial charge in [0.15, 0.2) is 5.11 Å². The molecule has 0 radical (unpaired) electrons. The van der Waals surface area contributed by atoms with Crippen LogP contribution in [0.5, 0.6) is 0 Å². The van der Waals surface area contributed by atoms with E-state index < -0.39 is 6.04 Å². The van der Waals surface area contributed by atoms with Crippen molar-refractivity contribution in [3.8, 4) is 11.1 Å². The largest absolute Gasteiger partial charge is 0.459 e. The van der Waals surface area contributed by atoms with Crippen molar-refractivity contribution in [2.24, 2.45) is 0 Å². The van der Waals surface area contributed by atoms with Crippen molar-refractivity contribution in [2.75, 3.05) is 12.4 Å². The number of hydrogen-bond donors (Lipinski definition) is 2. The van der Waals surface area contributed by atoms with Crippen LogP contribution in [-0.4, -0.2) is 35.0 Å². The van der Waals surface area contributed by atoms with Gasteiger partial charge < -0.3 is 20.3 Å². The monoisotopic (exact) mass is 499 g/mol. The maximum absolute atomic E-state index is 12.9. The number of thiocarbonyl (C=S) groups is 1.